The molecule has 118 valence electrons. The van der Waals surface area contributed by atoms with Gasteiger partial charge in [0.1, 0.15) is 11.5 Å². The molecule has 0 fully saturated rings. The number of amides is 1. The van der Waals surface area contributed by atoms with Gasteiger partial charge in [0, 0.05) is 18.7 Å². The number of hydrogen-bond acceptors (Lipinski definition) is 4. The second-order valence-electron chi connectivity index (χ2n) is 4.75. The van der Waals surface area contributed by atoms with Gasteiger partial charge in [-0.15, -0.1) is 0 Å². The van der Waals surface area contributed by atoms with Gasteiger partial charge in [-0.3, -0.25) is 4.79 Å². The van der Waals surface area contributed by atoms with Crippen LogP contribution in [0.2, 0.25) is 0 Å². The lowest BCUT2D eigenvalue weighted by Gasteiger charge is -2.06. The minimum Gasteiger partial charge on any atom is -0.494 e. The first-order chi connectivity index (χ1) is 10.8. The number of rotatable bonds is 10. The highest BCUT2D eigenvalue weighted by molar-refractivity contribution is 7.98. The Kier molecular flexibility index (Phi) is 7.46. The highest BCUT2D eigenvalue weighted by atomic mass is 32.2. The molecule has 0 unspecified atom stereocenters. The smallest absolute Gasteiger partial charge is 0.220 e. The van der Waals surface area contributed by atoms with Crippen LogP contribution in [0.1, 0.15) is 18.6 Å². The summed E-state index contributed by atoms with van der Waals surface area (Å²) in [5.41, 5.74) is 0. The Morgan fingerprint density at radius 3 is 2.82 bits per heavy atom. The summed E-state index contributed by atoms with van der Waals surface area (Å²) in [6, 6.07) is 13.5. The van der Waals surface area contributed by atoms with Crippen molar-refractivity contribution in [3.05, 3.63) is 54.5 Å². The van der Waals surface area contributed by atoms with E-state index in [2.05, 4.69) is 5.32 Å². The van der Waals surface area contributed by atoms with E-state index >= 15 is 0 Å². The fourth-order valence-corrected chi connectivity index (χ4v) is 2.61. The Hall–Kier alpha value is -1.88. The van der Waals surface area contributed by atoms with Crippen molar-refractivity contribution in [3.63, 3.8) is 0 Å². The lowest BCUT2D eigenvalue weighted by molar-refractivity contribution is -0.121. The summed E-state index contributed by atoms with van der Waals surface area (Å²) in [6.45, 7) is 1.24. The summed E-state index contributed by atoms with van der Waals surface area (Å²) in [6.07, 6.45) is 2.89. The highest BCUT2D eigenvalue weighted by Gasteiger charge is 2.01. The average Bonchev–Trinajstić information content (AvgIpc) is 3.06. The summed E-state index contributed by atoms with van der Waals surface area (Å²) in [7, 11) is 0. The van der Waals surface area contributed by atoms with Gasteiger partial charge in [0.15, 0.2) is 0 Å². The largest absolute Gasteiger partial charge is 0.494 e. The van der Waals surface area contributed by atoms with E-state index in [0.29, 0.717) is 19.6 Å². The van der Waals surface area contributed by atoms with Gasteiger partial charge in [-0.1, -0.05) is 18.2 Å². The second-order valence-corrected chi connectivity index (χ2v) is 5.85. The zero-order valence-electron chi connectivity index (χ0n) is 12.5. The lowest BCUT2D eigenvalue weighted by Crippen LogP contribution is -2.25. The standard InChI is InChI=1S/C17H21NO3S/c19-17(9-5-12-20-15-6-2-1-3-7-15)18-10-13-22-14-16-8-4-11-21-16/h1-4,6-8,11H,5,9-10,12-14H2,(H,18,19). The number of carbonyl (C=O) groups excluding carboxylic acids is 1. The maximum Gasteiger partial charge on any atom is 0.220 e. The molecule has 1 amide bonds. The van der Waals surface area contributed by atoms with Crippen LogP contribution in [-0.2, 0) is 10.5 Å². The SMILES string of the molecule is O=C(CCCOc1ccccc1)NCCSCc1ccco1. The number of para-hydroxylation sites is 1. The van der Waals surface area contributed by atoms with E-state index in [0.717, 1.165) is 29.4 Å². The summed E-state index contributed by atoms with van der Waals surface area (Å²) in [4.78, 5) is 11.7. The van der Waals surface area contributed by atoms with Crippen molar-refractivity contribution in [2.24, 2.45) is 0 Å². The number of furan rings is 1. The molecule has 1 N–H and O–H groups in total. The van der Waals surface area contributed by atoms with E-state index in [1.54, 1.807) is 18.0 Å². The summed E-state index contributed by atoms with van der Waals surface area (Å²) in [5.74, 6) is 3.61. The second kappa shape index (κ2) is 9.95. The van der Waals surface area contributed by atoms with Crippen LogP contribution in [0.5, 0.6) is 5.75 Å². The number of carbonyl (C=O) groups is 1. The van der Waals surface area contributed by atoms with Crippen molar-refractivity contribution in [2.75, 3.05) is 18.9 Å². The molecule has 0 aliphatic heterocycles. The highest BCUT2D eigenvalue weighted by Crippen LogP contribution is 2.11. The third-order valence-electron chi connectivity index (χ3n) is 2.95. The molecule has 1 aromatic heterocycles. The van der Waals surface area contributed by atoms with Crippen molar-refractivity contribution in [1.29, 1.82) is 0 Å². The quantitative estimate of drug-likeness (QED) is 0.681. The Morgan fingerprint density at radius 2 is 2.05 bits per heavy atom. The normalized spacial score (nSPS) is 10.4. The number of hydrogen-bond donors (Lipinski definition) is 1. The van der Waals surface area contributed by atoms with Crippen LogP contribution in [0.4, 0.5) is 0 Å². The zero-order valence-corrected chi connectivity index (χ0v) is 13.3. The minimum atomic E-state index is 0.0789. The van der Waals surface area contributed by atoms with Crippen LogP contribution in [0.15, 0.2) is 53.1 Å². The topological polar surface area (TPSA) is 51.5 Å². The van der Waals surface area contributed by atoms with E-state index in [1.165, 1.54) is 0 Å². The van der Waals surface area contributed by atoms with Gasteiger partial charge in [-0.2, -0.15) is 11.8 Å². The Morgan fingerprint density at radius 1 is 1.18 bits per heavy atom. The van der Waals surface area contributed by atoms with E-state index in [1.807, 2.05) is 42.5 Å². The molecule has 0 saturated heterocycles. The molecule has 22 heavy (non-hydrogen) atoms. The molecule has 1 aromatic carbocycles. The Labute approximate surface area is 135 Å². The molecule has 0 saturated carbocycles. The van der Waals surface area contributed by atoms with Gasteiger partial charge >= 0.3 is 0 Å². The first-order valence-electron chi connectivity index (χ1n) is 7.39. The van der Waals surface area contributed by atoms with E-state index in [-0.39, 0.29) is 5.91 Å². The monoisotopic (exact) mass is 319 g/mol. The fourth-order valence-electron chi connectivity index (χ4n) is 1.86. The Balaban J connectivity index is 1.44. The molecule has 2 rings (SSSR count). The molecular weight excluding hydrogens is 298 g/mol. The zero-order chi connectivity index (χ0) is 15.5. The van der Waals surface area contributed by atoms with Gasteiger partial charge in [0.2, 0.25) is 5.91 Å². The van der Waals surface area contributed by atoms with Gasteiger partial charge in [0.05, 0.1) is 18.6 Å². The maximum atomic E-state index is 11.7. The van der Waals surface area contributed by atoms with Crippen molar-refractivity contribution in [1.82, 2.24) is 5.32 Å². The molecule has 1 heterocycles. The van der Waals surface area contributed by atoms with Crippen molar-refractivity contribution >= 4 is 17.7 Å². The predicted octanol–water partition coefficient (Wildman–Crippen LogP) is 3.49. The van der Waals surface area contributed by atoms with Gasteiger partial charge in [0.25, 0.3) is 0 Å². The van der Waals surface area contributed by atoms with Crippen LogP contribution in [0.3, 0.4) is 0 Å². The molecule has 2 aromatic rings. The summed E-state index contributed by atoms with van der Waals surface area (Å²) >= 11 is 1.75. The predicted molar refractivity (Wildman–Crippen MR) is 89.1 cm³/mol. The molecule has 4 nitrogen and oxygen atoms in total. The third kappa shape index (κ3) is 6.72. The molecule has 5 heteroatoms. The Bertz CT molecular complexity index is 528. The van der Waals surface area contributed by atoms with Gasteiger partial charge in [-0.05, 0) is 30.7 Å². The number of ether oxygens (including phenoxy) is 1. The van der Waals surface area contributed by atoms with Crippen LogP contribution in [0, 0.1) is 0 Å². The maximum absolute atomic E-state index is 11.7. The third-order valence-corrected chi connectivity index (χ3v) is 3.93. The molecule has 0 atom stereocenters. The molecular formula is C17H21NO3S. The molecule has 0 aliphatic rings. The van der Waals surface area contributed by atoms with Crippen LogP contribution >= 0.6 is 11.8 Å². The van der Waals surface area contributed by atoms with Crippen molar-refractivity contribution in [2.45, 2.75) is 18.6 Å². The van der Waals surface area contributed by atoms with Crippen LogP contribution in [0.25, 0.3) is 0 Å². The minimum absolute atomic E-state index is 0.0789. The molecule has 0 radical (unpaired) electrons. The molecule has 0 spiro atoms. The number of nitrogens with one attached hydrogen (secondary N) is 1. The van der Waals surface area contributed by atoms with Crippen molar-refractivity contribution in [3.8, 4) is 5.75 Å². The van der Waals surface area contributed by atoms with Crippen molar-refractivity contribution < 1.29 is 13.9 Å². The van der Waals surface area contributed by atoms with Gasteiger partial charge in [-0.25, -0.2) is 0 Å². The van der Waals surface area contributed by atoms with E-state index in [9.17, 15) is 4.79 Å². The van der Waals surface area contributed by atoms with E-state index in [4.69, 9.17) is 9.15 Å². The summed E-state index contributed by atoms with van der Waals surface area (Å²) in [5, 5.41) is 2.92. The number of thioether (sulfide) groups is 1. The fraction of sp³-hybridized carbons (Fsp3) is 0.353. The first kappa shape index (κ1) is 16.5. The molecule has 0 aliphatic carbocycles. The van der Waals surface area contributed by atoms with Gasteiger partial charge < -0.3 is 14.5 Å². The number of benzene rings is 1. The van der Waals surface area contributed by atoms with E-state index < -0.39 is 0 Å². The van der Waals surface area contributed by atoms with Crippen LogP contribution in [-0.4, -0.2) is 24.8 Å². The summed E-state index contributed by atoms with van der Waals surface area (Å²) < 4.78 is 10.8. The lowest BCUT2D eigenvalue weighted by atomic mass is 10.3. The molecule has 0 bridgehead atoms. The average molecular weight is 319 g/mol. The first-order valence-corrected chi connectivity index (χ1v) is 8.55. The van der Waals surface area contributed by atoms with Crippen LogP contribution < -0.4 is 10.1 Å².